The standard InChI is InChI=1S/C22H37N5O2/c1-7-23-22(26(6)16-21(29)27(8-2)9-3)24-15-18-11-10-12-19(14-18)25-20(28)13-17(4)5/h10-12,14,17H,7-9,13,15-16H2,1-6H3,(H,23,24)(H,25,28). The Labute approximate surface area is 175 Å². The van der Waals surface area contributed by atoms with E-state index in [2.05, 4.69) is 15.6 Å². The van der Waals surface area contributed by atoms with Crippen molar-refractivity contribution in [3.05, 3.63) is 29.8 Å². The van der Waals surface area contributed by atoms with Crippen LogP contribution in [0.25, 0.3) is 0 Å². The van der Waals surface area contributed by atoms with Crippen LogP contribution in [-0.2, 0) is 16.1 Å². The third-order valence-corrected chi connectivity index (χ3v) is 4.40. The molecule has 162 valence electrons. The van der Waals surface area contributed by atoms with Gasteiger partial charge in [-0.3, -0.25) is 9.59 Å². The Balaban J connectivity index is 2.81. The summed E-state index contributed by atoms with van der Waals surface area (Å²) in [6.07, 6.45) is 0.498. The summed E-state index contributed by atoms with van der Waals surface area (Å²) < 4.78 is 0. The number of rotatable bonds is 10. The number of likely N-dealkylation sites (N-methyl/N-ethyl adjacent to an activating group) is 2. The van der Waals surface area contributed by atoms with Gasteiger partial charge in [0, 0.05) is 38.8 Å². The molecule has 0 fully saturated rings. The van der Waals surface area contributed by atoms with Crippen LogP contribution >= 0.6 is 0 Å². The van der Waals surface area contributed by atoms with Crippen molar-refractivity contribution in [3.8, 4) is 0 Å². The Morgan fingerprint density at radius 1 is 1.14 bits per heavy atom. The van der Waals surface area contributed by atoms with Gasteiger partial charge in [0.25, 0.3) is 0 Å². The van der Waals surface area contributed by atoms with E-state index < -0.39 is 0 Å². The van der Waals surface area contributed by atoms with Crippen LogP contribution in [0, 0.1) is 5.92 Å². The number of nitrogens with zero attached hydrogens (tertiary/aromatic N) is 3. The second-order valence-corrected chi connectivity index (χ2v) is 7.44. The average Bonchev–Trinajstić information content (AvgIpc) is 2.65. The normalized spacial score (nSPS) is 11.3. The van der Waals surface area contributed by atoms with Crippen LogP contribution in [0.15, 0.2) is 29.3 Å². The highest BCUT2D eigenvalue weighted by molar-refractivity contribution is 5.91. The summed E-state index contributed by atoms with van der Waals surface area (Å²) >= 11 is 0. The predicted molar refractivity (Wildman–Crippen MR) is 120 cm³/mol. The lowest BCUT2D eigenvalue weighted by Gasteiger charge is -2.25. The van der Waals surface area contributed by atoms with Gasteiger partial charge in [0.05, 0.1) is 13.1 Å². The van der Waals surface area contributed by atoms with Crippen molar-refractivity contribution in [3.63, 3.8) is 0 Å². The molecule has 0 aliphatic heterocycles. The summed E-state index contributed by atoms with van der Waals surface area (Å²) in [6.45, 7) is 12.9. The van der Waals surface area contributed by atoms with Gasteiger partial charge in [0.2, 0.25) is 11.8 Å². The van der Waals surface area contributed by atoms with E-state index in [-0.39, 0.29) is 18.4 Å². The summed E-state index contributed by atoms with van der Waals surface area (Å²) in [5, 5.41) is 6.17. The van der Waals surface area contributed by atoms with Crippen molar-refractivity contribution in [2.24, 2.45) is 10.9 Å². The van der Waals surface area contributed by atoms with E-state index in [1.807, 2.05) is 75.7 Å². The lowest BCUT2D eigenvalue weighted by atomic mass is 10.1. The van der Waals surface area contributed by atoms with Crippen molar-refractivity contribution in [2.45, 2.75) is 47.6 Å². The van der Waals surface area contributed by atoms with Gasteiger partial charge in [-0.1, -0.05) is 26.0 Å². The van der Waals surface area contributed by atoms with E-state index in [4.69, 9.17) is 0 Å². The summed E-state index contributed by atoms with van der Waals surface area (Å²) in [4.78, 5) is 32.7. The molecule has 0 aromatic heterocycles. The van der Waals surface area contributed by atoms with Crippen LogP contribution in [-0.4, -0.2) is 60.8 Å². The number of carbonyl (C=O) groups is 2. The van der Waals surface area contributed by atoms with Crippen molar-refractivity contribution in [1.29, 1.82) is 0 Å². The van der Waals surface area contributed by atoms with Gasteiger partial charge in [0.1, 0.15) is 0 Å². The topological polar surface area (TPSA) is 77.0 Å². The Morgan fingerprint density at radius 2 is 1.83 bits per heavy atom. The third-order valence-electron chi connectivity index (χ3n) is 4.40. The highest BCUT2D eigenvalue weighted by atomic mass is 16.2. The first-order valence-corrected chi connectivity index (χ1v) is 10.5. The molecule has 7 nitrogen and oxygen atoms in total. The van der Waals surface area contributed by atoms with E-state index in [1.165, 1.54) is 0 Å². The van der Waals surface area contributed by atoms with E-state index in [0.29, 0.717) is 44.5 Å². The monoisotopic (exact) mass is 403 g/mol. The molecule has 0 spiro atoms. The van der Waals surface area contributed by atoms with E-state index >= 15 is 0 Å². The van der Waals surface area contributed by atoms with Gasteiger partial charge < -0.3 is 20.4 Å². The van der Waals surface area contributed by atoms with Gasteiger partial charge in [0.15, 0.2) is 5.96 Å². The molecule has 0 aliphatic rings. The Morgan fingerprint density at radius 3 is 2.41 bits per heavy atom. The molecule has 1 aromatic rings. The fraction of sp³-hybridized carbons (Fsp3) is 0.591. The SMILES string of the molecule is CCNC(=NCc1cccc(NC(=O)CC(C)C)c1)N(C)CC(=O)N(CC)CC. The van der Waals surface area contributed by atoms with Crippen molar-refractivity contribution in [2.75, 3.05) is 38.5 Å². The first kappa shape index (κ1) is 24.5. The molecule has 0 bridgehead atoms. The van der Waals surface area contributed by atoms with E-state index in [9.17, 15) is 9.59 Å². The molecule has 0 unspecified atom stereocenters. The Kier molecular flexibility index (Phi) is 10.8. The number of amides is 2. The minimum Gasteiger partial charge on any atom is -0.357 e. The maximum atomic E-state index is 12.4. The molecule has 7 heteroatoms. The molecular formula is C22H37N5O2. The molecule has 29 heavy (non-hydrogen) atoms. The number of hydrogen-bond acceptors (Lipinski definition) is 3. The zero-order valence-corrected chi connectivity index (χ0v) is 18.8. The molecule has 0 aliphatic carbocycles. The second-order valence-electron chi connectivity index (χ2n) is 7.44. The summed E-state index contributed by atoms with van der Waals surface area (Å²) in [7, 11) is 1.87. The van der Waals surface area contributed by atoms with Gasteiger partial charge >= 0.3 is 0 Å². The average molecular weight is 404 g/mol. The molecule has 1 rings (SSSR count). The number of anilines is 1. The first-order valence-electron chi connectivity index (χ1n) is 10.5. The van der Waals surface area contributed by atoms with Crippen LogP contribution in [0.1, 0.15) is 46.6 Å². The molecule has 1 aromatic carbocycles. The predicted octanol–water partition coefficient (Wildman–Crippen LogP) is 2.94. The number of guanidine groups is 1. The maximum absolute atomic E-state index is 12.4. The fourth-order valence-electron chi connectivity index (χ4n) is 2.92. The Bertz CT molecular complexity index is 684. The minimum atomic E-state index is 0.0173. The van der Waals surface area contributed by atoms with Gasteiger partial charge in [-0.05, 0) is 44.4 Å². The number of carbonyl (C=O) groups excluding carboxylic acids is 2. The lowest BCUT2D eigenvalue weighted by Crippen LogP contribution is -2.45. The third kappa shape index (κ3) is 8.98. The molecule has 0 saturated carbocycles. The summed E-state index contributed by atoms with van der Waals surface area (Å²) in [6, 6.07) is 7.71. The Hall–Kier alpha value is -2.57. The van der Waals surface area contributed by atoms with Crippen LogP contribution in [0.2, 0.25) is 0 Å². The van der Waals surface area contributed by atoms with Crippen molar-refractivity contribution >= 4 is 23.5 Å². The van der Waals surface area contributed by atoms with Gasteiger partial charge in [-0.15, -0.1) is 0 Å². The number of benzene rings is 1. The number of aliphatic imine (C=N–C) groups is 1. The van der Waals surface area contributed by atoms with E-state index in [1.54, 1.807) is 0 Å². The van der Waals surface area contributed by atoms with Crippen molar-refractivity contribution in [1.82, 2.24) is 15.1 Å². The van der Waals surface area contributed by atoms with Gasteiger partial charge in [-0.2, -0.15) is 0 Å². The first-order chi connectivity index (χ1) is 13.8. The van der Waals surface area contributed by atoms with Crippen LogP contribution < -0.4 is 10.6 Å². The number of hydrogen-bond donors (Lipinski definition) is 2. The van der Waals surface area contributed by atoms with Crippen LogP contribution in [0.4, 0.5) is 5.69 Å². The highest BCUT2D eigenvalue weighted by Crippen LogP contribution is 2.13. The van der Waals surface area contributed by atoms with E-state index in [0.717, 1.165) is 11.3 Å². The molecule has 0 radical (unpaired) electrons. The molecule has 2 N–H and O–H groups in total. The summed E-state index contributed by atoms with van der Waals surface area (Å²) in [5.74, 6) is 1.10. The summed E-state index contributed by atoms with van der Waals surface area (Å²) in [5.41, 5.74) is 1.77. The van der Waals surface area contributed by atoms with Crippen LogP contribution in [0.3, 0.4) is 0 Å². The highest BCUT2D eigenvalue weighted by Gasteiger charge is 2.15. The largest absolute Gasteiger partial charge is 0.357 e. The molecule has 2 amide bonds. The smallest absolute Gasteiger partial charge is 0.242 e. The van der Waals surface area contributed by atoms with Crippen molar-refractivity contribution < 1.29 is 9.59 Å². The van der Waals surface area contributed by atoms with Crippen LogP contribution in [0.5, 0.6) is 0 Å². The quantitative estimate of drug-likeness (QED) is 0.465. The van der Waals surface area contributed by atoms with Gasteiger partial charge in [-0.25, -0.2) is 4.99 Å². The molecule has 0 atom stereocenters. The lowest BCUT2D eigenvalue weighted by molar-refractivity contribution is -0.131. The zero-order chi connectivity index (χ0) is 21.8. The molecular weight excluding hydrogens is 366 g/mol. The molecule has 0 heterocycles. The maximum Gasteiger partial charge on any atom is 0.242 e. The number of nitrogens with one attached hydrogen (secondary N) is 2. The second kappa shape index (κ2) is 12.8. The minimum absolute atomic E-state index is 0.0173. The fourth-order valence-corrected chi connectivity index (χ4v) is 2.92. The molecule has 0 saturated heterocycles. The zero-order valence-electron chi connectivity index (χ0n) is 18.8.